The highest BCUT2D eigenvalue weighted by atomic mass is 16.5. The standard InChI is InChI=1S/C27H30N2O5/c28-22-13-5-6-14-23(22)29-26(31)17-9-8-16-25(34-20-10-2-1-3-11-20)27(32)21-12-4-7-15-24(21)33-19-18-30/h1-7,9-15,17,25,27,30,32H,8,16,18-19,28H2,(H,29,31)/b17-9+/t25-,27-/m1/s1. The Morgan fingerprint density at radius 3 is 2.47 bits per heavy atom. The van der Waals surface area contributed by atoms with E-state index in [1.54, 1.807) is 48.5 Å². The summed E-state index contributed by atoms with van der Waals surface area (Å²) in [5.74, 6) is 0.824. The molecule has 0 radical (unpaired) electrons. The molecule has 3 rings (SSSR count). The second kappa shape index (κ2) is 13.0. The van der Waals surface area contributed by atoms with Crippen LogP contribution in [0.2, 0.25) is 0 Å². The van der Waals surface area contributed by atoms with Crippen LogP contribution in [0.5, 0.6) is 11.5 Å². The molecule has 178 valence electrons. The van der Waals surface area contributed by atoms with Gasteiger partial charge in [-0.1, -0.05) is 54.6 Å². The number of hydrogen-bond acceptors (Lipinski definition) is 6. The zero-order chi connectivity index (χ0) is 24.2. The van der Waals surface area contributed by atoms with Crippen molar-refractivity contribution in [1.82, 2.24) is 0 Å². The van der Waals surface area contributed by atoms with E-state index in [4.69, 9.17) is 20.3 Å². The third kappa shape index (κ3) is 7.37. The quantitative estimate of drug-likeness (QED) is 0.238. The molecule has 0 heterocycles. The van der Waals surface area contributed by atoms with Crippen LogP contribution < -0.4 is 20.5 Å². The Labute approximate surface area is 199 Å². The average molecular weight is 463 g/mol. The van der Waals surface area contributed by atoms with Crippen LogP contribution in [0, 0.1) is 0 Å². The monoisotopic (exact) mass is 462 g/mol. The Hall–Kier alpha value is -3.81. The van der Waals surface area contributed by atoms with E-state index in [0.29, 0.717) is 41.3 Å². The average Bonchev–Trinajstić information content (AvgIpc) is 2.86. The first kappa shape index (κ1) is 24.8. The van der Waals surface area contributed by atoms with E-state index in [1.165, 1.54) is 6.08 Å². The van der Waals surface area contributed by atoms with Crippen molar-refractivity contribution >= 4 is 17.3 Å². The number of rotatable bonds is 12. The van der Waals surface area contributed by atoms with Crippen LogP contribution in [0.25, 0.3) is 0 Å². The summed E-state index contributed by atoms with van der Waals surface area (Å²) in [6.45, 7) is -0.00637. The smallest absolute Gasteiger partial charge is 0.248 e. The summed E-state index contributed by atoms with van der Waals surface area (Å²) < 4.78 is 11.7. The lowest BCUT2D eigenvalue weighted by molar-refractivity contribution is -0.111. The van der Waals surface area contributed by atoms with Gasteiger partial charge in [0.2, 0.25) is 5.91 Å². The first-order valence-corrected chi connectivity index (χ1v) is 11.1. The lowest BCUT2D eigenvalue weighted by Gasteiger charge is -2.25. The van der Waals surface area contributed by atoms with E-state index >= 15 is 0 Å². The van der Waals surface area contributed by atoms with E-state index in [9.17, 15) is 9.90 Å². The van der Waals surface area contributed by atoms with Crippen LogP contribution in [-0.2, 0) is 4.79 Å². The van der Waals surface area contributed by atoms with Crippen molar-refractivity contribution in [2.24, 2.45) is 0 Å². The van der Waals surface area contributed by atoms with E-state index in [-0.39, 0.29) is 19.1 Å². The fourth-order valence-corrected chi connectivity index (χ4v) is 3.40. The molecular formula is C27H30N2O5. The van der Waals surface area contributed by atoms with Gasteiger partial charge < -0.3 is 30.7 Å². The number of carbonyl (C=O) groups is 1. The highest BCUT2D eigenvalue weighted by Gasteiger charge is 2.25. The summed E-state index contributed by atoms with van der Waals surface area (Å²) in [5.41, 5.74) is 7.47. The van der Waals surface area contributed by atoms with Crippen LogP contribution in [0.3, 0.4) is 0 Å². The lowest BCUT2D eigenvalue weighted by atomic mass is 9.99. The molecule has 0 saturated carbocycles. The third-order valence-electron chi connectivity index (χ3n) is 5.08. The second-order valence-corrected chi connectivity index (χ2v) is 7.58. The van der Waals surface area contributed by atoms with Crippen LogP contribution in [0.15, 0.2) is 91.0 Å². The minimum Gasteiger partial charge on any atom is -0.491 e. The Morgan fingerprint density at radius 2 is 1.71 bits per heavy atom. The summed E-state index contributed by atoms with van der Waals surface area (Å²) in [5, 5.41) is 23.0. The number of nitrogens with one attached hydrogen (secondary N) is 1. The van der Waals surface area contributed by atoms with Crippen molar-refractivity contribution in [2.75, 3.05) is 24.3 Å². The number of aliphatic hydroxyl groups excluding tert-OH is 2. The molecule has 3 aromatic rings. The van der Waals surface area contributed by atoms with Gasteiger partial charge in [-0.25, -0.2) is 0 Å². The number of allylic oxidation sites excluding steroid dienone is 1. The molecule has 0 aromatic heterocycles. The number of amides is 1. The molecule has 5 N–H and O–H groups in total. The molecule has 0 aliphatic carbocycles. The lowest BCUT2D eigenvalue weighted by Crippen LogP contribution is -2.26. The molecule has 0 bridgehead atoms. The highest BCUT2D eigenvalue weighted by Crippen LogP contribution is 2.31. The number of aliphatic hydroxyl groups is 2. The maximum absolute atomic E-state index is 12.2. The maximum atomic E-state index is 12.2. The molecule has 0 unspecified atom stereocenters. The summed E-state index contributed by atoms with van der Waals surface area (Å²) in [4.78, 5) is 12.2. The zero-order valence-corrected chi connectivity index (χ0v) is 18.8. The van der Waals surface area contributed by atoms with Crippen LogP contribution in [-0.4, -0.2) is 35.4 Å². The molecule has 7 nitrogen and oxygen atoms in total. The summed E-state index contributed by atoms with van der Waals surface area (Å²) in [6.07, 6.45) is 2.53. The molecule has 0 aliphatic rings. The molecule has 0 fully saturated rings. The summed E-state index contributed by atoms with van der Waals surface area (Å²) in [6, 6.07) is 23.4. The van der Waals surface area contributed by atoms with E-state index < -0.39 is 12.2 Å². The van der Waals surface area contributed by atoms with Crippen molar-refractivity contribution in [2.45, 2.75) is 25.0 Å². The van der Waals surface area contributed by atoms with Gasteiger partial charge in [0.05, 0.1) is 18.0 Å². The van der Waals surface area contributed by atoms with Gasteiger partial charge in [0, 0.05) is 5.56 Å². The Morgan fingerprint density at radius 1 is 1.00 bits per heavy atom. The zero-order valence-electron chi connectivity index (χ0n) is 18.8. The molecule has 7 heteroatoms. The largest absolute Gasteiger partial charge is 0.491 e. The molecular weight excluding hydrogens is 432 g/mol. The molecule has 0 saturated heterocycles. The molecule has 0 spiro atoms. The highest BCUT2D eigenvalue weighted by molar-refractivity contribution is 6.01. The second-order valence-electron chi connectivity index (χ2n) is 7.58. The first-order chi connectivity index (χ1) is 16.6. The number of anilines is 2. The number of nitrogens with two attached hydrogens (primary N) is 1. The Balaban J connectivity index is 1.68. The van der Waals surface area contributed by atoms with Crippen LogP contribution >= 0.6 is 0 Å². The van der Waals surface area contributed by atoms with Crippen molar-refractivity contribution in [1.29, 1.82) is 0 Å². The normalized spacial score (nSPS) is 12.8. The van der Waals surface area contributed by atoms with Gasteiger partial charge in [0.15, 0.2) is 0 Å². The predicted octanol–water partition coefficient (Wildman–Crippen LogP) is 4.10. The van der Waals surface area contributed by atoms with Gasteiger partial charge in [-0.2, -0.15) is 0 Å². The molecule has 1 amide bonds. The van der Waals surface area contributed by atoms with Gasteiger partial charge in [0.1, 0.15) is 30.3 Å². The molecule has 2 atom stereocenters. The fraction of sp³-hybridized carbons (Fsp3) is 0.222. The number of ether oxygens (including phenoxy) is 2. The fourth-order valence-electron chi connectivity index (χ4n) is 3.40. The number of carbonyl (C=O) groups excluding carboxylic acids is 1. The summed E-state index contributed by atoms with van der Waals surface area (Å²) >= 11 is 0. The number of nitrogen functional groups attached to an aromatic ring is 1. The first-order valence-electron chi connectivity index (χ1n) is 11.1. The number of benzene rings is 3. The Kier molecular flexibility index (Phi) is 9.52. The van der Waals surface area contributed by atoms with Crippen LogP contribution in [0.4, 0.5) is 11.4 Å². The van der Waals surface area contributed by atoms with Gasteiger partial charge >= 0.3 is 0 Å². The summed E-state index contributed by atoms with van der Waals surface area (Å²) in [7, 11) is 0. The topological polar surface area (TPSA) is 114 Å². The van der Waals surface area contributed by atoms with Gasteiger partial charge in [-0.05, 0) is 49.2 Å². The predicted molar refractivity (Wildman–Crippen MR) is 133 cm³/mol. The van der Waals surface area contributed by atoms with Crippen molar-refractivity contribution in [3.8, 4) is 11.5 Å². The Bertz CT molecular complexity index is 1070. The molecule has 0 aliphatic heterocycles. The van der Waals surface area contributed by atoms with E-state index in [2.05, 4.69) is 5.32 Å². The van der Waals surface area contributed by atoms with Gasteiger partial charge in [-0.15, -0.1) is 0 Å². The molecule has 34 heavy (non-hydrogen) atoms. The minimum absolute atomic E-state index is 0.123. The van der Waals surface area contributed by atoms with Gasteiger partial charge in [0.25, 0.3) is 0 Å². The van der Waals surface area contributed by atoms with E-state index in [1.807, 2.05) is 36.4 Å². The third-order valence-corrected chi connectivity index (χ3v) is 5.08. The van der Waals surface area contributed by atoms with E-state index in [0.717, 1.165) is 0 Å². The minimum atomic E-state index is -0.985. The number of para-hydroxylation sites is 4. The van der Waals surface area contributed by atoms with Crippen molar-refractivity contribution < 1.29 is 24.5 Å². The maximum Gasteiger partial charge on any atom is 0.248 e. The molecule has 3 aromatic carbocycles. The van der Waals surface area contributed by atoms with Crippen molar-refractivity contribution in [3.63, 3.8) is 0 Å². The SMILES string of the molecule is Nc1ccccc1NC(=O)/C=C/CC[C@@H](Oc1ccccc1)[C@H](O)c1ccccc1OCCO. The van der Waals surface area contributed by atoms with Crippen LogP contribution in [0.1, 0.15) is 24.5 Å². The van der Waals surface area contributed by atoms with Crippen molar-refractivity contribution in [3.05, 3.63) is 96.6 Å². The number of hydrogen-bond donors (Lipinski definition) is 4. The van der Waals surface area contributed by atoms with Gasteiger partial charge in [-0.3, -0.25) is 4.79 Å².